The van der Waals surface area contributed by atoms with E-state index in [2.05, 4.69) is 24.2 Å². The number of rotatable bonds is 8. The zero-order chi connectivity index (χ0) is 12.7. The molecule has 4 heteroatoms. The van der Waals surface area contributed by atoms with Gasteiger partial charge >= 0.3 is 0 Å². The molecule has 0 saturated heterocycles. The molecule has 1 saturated carbocycles. The van der Waals surface area contributed by atoms with Gasteiger partial charge in [0.2, 0.25) is 0 Å². The molecule has 0 heterocycles. The molecular formula is C13H28N2O2. The molecular weight excluding hydrogens is 216 g/mol. The van der Waals surface area contributed by atoms with E-state index in [1.165, 1.54) is 0 Å². The van der Waals surface area contributed by atoms with E-state index in [1.54, 1.807) is 0 Å². The Morgan fingerprint density at radius 2 is 2.24 bits per heavy atom. The number of aliphatic hydroxyl groups excluding tert-OH is 1. The molecule has 17 heavy (non-hydrogen) atoms. The predicted octanol–water partition coefficient (Wildman–Crippen LogP) is 0.848. The molecule has 102 valence electrons. The van der Waals surface area contributed by atoms with Crippen LogP contribution < -0.4 is 5.32 Å². The molecule has 0 bridgehead atoms. The van der Waals surface area contributed by atoms with Gasteiger partial charge in [-0.15, -0.1) is 0 Å². The lowest BCUT2D eigenvalue weighted by Crippen LogP contribution is -2.47. The Kier molecular flexibility index (Phi) is 6.41. The van der Waals surface area contributed by atoms with Crippen LogP contribution >= 0.6 is 0 Å². The van der Waals surface area contributed by atoms with Gasteiger partial charge in [0.15, 0.2) is 0 Å². The quantitative estimate of drug-likeness (QED) is 0.621. The molecule has 1 fully saturated rings. The maximum Gasteiger partial charge on any atom is 0.0613 e. The zero-order valence-electron chi connectivity index (χ0n) is 11.5. The summed E-state index contributed by atoms with van der Waals surface area (Å²) in [6.07, 6.45) is 3.27. The van der Waals surface area contributed by atoms with E-state index >= 15 is 0 Å². The standard InChI is InChI=1S/C13H28N2O2/c1-4-14-13(11-16)7-6-12(10-13)15(3)8-9-17-5-2/h12,14,16H,4-11H2,1-3H3. The lowest BCUT2D eigenvalue weighted by molar-refractivity contribution is 0.102. The van der Waals surface area contributed by atoms with E-state index in [4.69, 9.17) is 4.74 Å². The highest BCUT2D eigenvalue weighted by atomic mass is 16.5. The SMILES string of the molecule is CCNC1(CO)CCC(N(C)CCOCC)C1. The van der Waals surface area contributed by atoms with E-state index in [1.807, 2.05) is 6.92 Å². The molecule has 0 amide bonds. The van der Waals surface area contributed by atoms with Gasteiger partial charge in [-0.1, -0.05) is 6.92 Å². The highest BCUT2D eigenvalue weighted by molar-refractivity contribution is 4.98. The zero-order valence-corrected chi connectivity index (χ0v) is 11.5. The van der Waals surface area contributed by atoms with E-state index in [0.29, 0.717) is 6.04 Å². The monoisotopic (exact) mass is 244 g/mol. The Balaban J connectivity index is 2.37. The maximum absolute atomic E-state index is 9.56. The van der Waals surface area contributed by atoms with Gasteiger partial charge in [-0.3, -0.25) is 0 Å². The first kappa shape index (κ1) is 14.9. The van der Waals surface area contributed by atoms with Gasteiger partial charge in [0.25, 0.3) is 0 Å². The molecule has 0 aromatic carbocycles. The van der Waals surface area contributed by atoms with E-state index in [0.717, 1.165) is 45.6 Å². The number of ether oxygens (including phenoxy) is 1. The lowest BCUT2D eigenvalue weighted by Gasteiger charge is -2.30. The van der Waals surface area contributed by atoms with Crippen LogP contribution in [0.4, 0.5) is 0 Å². The average molecular weight is 244 g/mol. The van der Waals surface area contributed by atoms with Gasteiger partial charge in [-0.25, -0.2) is 0 Å². The number of hydrogen-bond donors (Lipinski definition) is 2. The van der Waals surface area contributed by atoms with Crippen molar-refractivity contribution < 1.29 is 9.84 Å². The molecule has 1 aliphatic rings. The average Bonchev–Trinajstić information content (AvgIpc) is 2.75. The van der Waals surface area contributed by atoms with Gasteiger partial charge in [0.05, 0.1) is 13.2 Å². The molecule has 0 radical (unpaired) electrons. The first-order valence-corrected chi connectivity index (χ1v) is 6.81. The minimum absolute atomic E-state index is 0.0424. The Labute approximate surface area is 105 Å². The number of hydrogen-bond acceptors (Lipinski definition) is 4. The molecule has 0 aromatic rings. The summed E-state index contributed by atoms with van der Waals surface area (Å²) >= 11 is 0. The van der Waals surface area contributed by atoms with Crippen LogP contribution in [0, 0.1) is 0 Å². The third-order valence-electron chi connectivity index (χ3n) is 3.85. The third-order valence-corrected chi connectivity index (χ3v) is 3.85. The van der Waals surface area contributed by atoms with Crippen LogP contribution in [-0.2, 0) is 4.74 Å². The Morgan fingerprint density at radius 1 is 1.47 bits per heavy atom. The van der Waals surface area contributed by atoms with Crippen molar-refractivity contribution in [3.63, 3.8) is 0 Å². The number of likely N-dealkylation sites (N-methyl/N-ethyl adjacent to an activating group) is 2. The molecule has 0 aliphatic heterocycles. The van der Waals surface area contributed by atoms with Crippen molar-refractivity contribution in [2.45, 2.75) is 44.7 Å². The van der Waals surface area contributed by atoms with Gasteiger partial charge in [-0.2, -0.15) is 0 Å². The normalized spacial score (nSPS) is 29.1. The van der Waals surface area contributed by atoms with Crippen LogP contribution in [0.15, 0.2) is 0 Å². The van der Waals surface area contributed by atoms with Crippen molar-refractivity contribution in [2.75, 3.05) is 40.0 Å². The molecule has 2 atom stereocenters. The van der Waals surface area contributed by atoms with Crippen molar-refractivity contribution in [3.8, 4) is 0 Å². The van der Waals surface area contributed by atoms with Crippen molar-refractivity contribution in [2.24, 2.45) is 0 Å². The summed E-state index contributed by atoms with van der Waals surface area (Å²) in [5.41, 5.74) is -0.0424. The molecule has 0 spiro atoms. The van der Waals surface area contributed by atoms with Crippen LogP contribution in [0.25, 0.3) is 0 Å². The van der Waals surface area contributed by atoms with Gasteiger partial charge in [-0.05, 0) is 39.8 Å². The summed E-state index contributed by atoms with van der Waals surface area (Å²) in [6, 6.07) is 0.571. The minimum Gasteiger partial charge on any atom is -0.394 e. The number of nitrogens with one attached hydrogen (secondary N) is 1. The highest BCUT2D eigenvalue weighted by Crippen LogP contribution is 2.32. The first-order chi connectivity index (χ1) is 8.17. The fourth-order valence-corrected chi connectivity index (χ4v) is 2.74. The van der Waals surface area contributed by atoms with Crippen LogP contribution in [0.3, 0.4) is 0 Å². The number of aliphatic hydroxyl groups is 1. The Hall–Kier alpha value is -0.160. The Morgan fingerprint density at radius 3 is 2.82 bits per heavy atom. The summed E-state index contributed by atoms with van der Waals surface area (Å²) in [5.74, 6) is 0. The first-order valence-electron chi connectivity index (χ1n) is 6.81. The topological polar surface area (TPSA) is 44.7 Å². The van der Waals surface area contributed by atoms with Gasteiger partial charge in [0, 0.05) is 24.7 Å². The molecule has 2 N–H and O–H groups in total. The lowest BCUT2D eigenvalue weighted by atomic mass is 9.98. The van der Waals surface area contributed by atoms with E-state index < -0.39 is 0 Å². The van der Waals surface area contributed by atoms with Crippen molar-refractivity contribution in [1.82, 2.24) is 10.2 Å². The molecule has 1 aliphatic carbocycles. The maximum atomic E-state index is 9.56. The second-order valence-electron chi connectivity index (χ2n) is 5.04. The highest BCUT2D eigenvalue weighted by Gasteiger charge is 2.39. The summed E-state index contributed by atoms with van der Waals surface area (Å²) in [4.78, 5) is 2.37. The van der Waals surface area contributed by atoms with Crippen molar-refractivity contribution >= 4 is 0 Å². The van der Waals surface area contributed by atoms with E-state index in [9.17, 15) is 5.11 Å². The van der Waals surface area contributed by atoms with Gasteiger partial charge in [0.1, 0.15) is 0 Å². The third kappa shape index (κ3) is 4.21. The number of nitrogens with zero attached hydrogens (tertiary/aromatic N) is 1. The van der Waals surface area contributed by atoms with E-state index in [-0.39, 0.29) is 12.1 Å². The fourth-order valence-electron chi connectivity index (χ4n) is 2.74. The van der Waals surface area contributed by atoms with Gasteiger partial charge < -0.3 is 20.1 Å². The van der Waals surface area contributed by atoms with Crippen molar-refractivity contribution in [3.05, 3.63) is 0 Å². The van der Waals surface area contributed by atoms with Crippen molar-refractivity contribution in [1.29, 1.82) is 0 Å². The molecule has 0 aromatic heterocycles. The smallest absolute Gasteiger partial charge is 0.0613 e. The second kappa shape index (κ2) is 7.31. The summed E-state index contributed by atoms with van der Waals surface area (Å²) in [7, 11) is 2.16. The van der Waals surface area contributed by atoms with Crippen LogP contribution in [-0.4, -0.2) is 61.5 Å². The van der Waals surface area contributed by atoms with Crippen LogP contribution in [0.1, 0.15) is 33.1 Å². The fraction of sp³-hybridized carbons (Fsp3) is 1.00. The largest absolute Gasteiger partial charge is 0.394 e. The summed E-state index contributed by atoms with van der Waals surface area (Å²) < 4.78 is 5.38. The molecule has 1 rings (SSSR count). The van der Waals surface area contributed by atoms with Crippen LogP contribution in [0.5, 0.6) is 0 Å². The molecule has 4 nitrogen and oxygen atoms in total. The predicted molar refractivity (Wildman–Crippen MR) is 70.3 cm³/mol. The second-order valence-corrected chi connectivity index (χ2v) is 5.04. The minimum atomic E-state index is -0.0424. The summed E-state index contributed by atoms with van der Waals surface area (Å²) in [6.45, 7) is 7.87. The van der Waals surface area contributed by atoms with Crippen LogP contribution in [0.2, 0.25) is 0 Å². The summed E-state index contributed by atoms with van der Waals surface area (Å²) in [5, 5.41) is 13.0. The Bertz CT molecular complexity index is 214. The molecule has 2 unspecified atom stereocenters.